The third kappa shape index (κ3) is 3.44. The van der Waals surface area contributed by atoms with Crippen molar-refractivity contribution in [3.63, 3.8) is 0 Å². The summed E-state index contributed by atoms with van der Waals surface area (Å²) >= 11 is 0. The lowest BCUT2D eigenvalue weighted by atomic mass is 10.2. The highest BCUT2D eigenvalue weighted by atomic mass is 16.1. The maximum Gasteiger partial charge on any atom is 0.276 e. The zero-order valence-electron chi connectivity index (χ0n) is 14.7. The molecule has 4 heterocycles. The van der Waals surface area contributed by atoms with E-state index in [-0.39, 0.29) is 11.5 Å². The summed E-state index contributed by atoms with van der Waals surface area (Å²) in [6.45, 7) is 0.890. The molecule has 4 rings (SSSR count). The van der Waals surface area contributed by atoms with Gasteiger partial charge in [0.25, 0.3) is 5.56 Å². The number of nitrogens with one attached hydrogen (secondary N) is 1. The van der Waals surface area contributed by atoms with Gasteiger partial charge >= 0.3 is 0 Å². The van der Waals surface area contributed by atoms with Crippen LogP contribution in [-0.2, 0) is 17.9 Å². The number of pyridine rings is 2. The van der Waals surface area contributed by atoms with Gasteiger partial charge in [-0.25, -0.2) is 4.98 Å². The second-order valence-corrected chi connectivity index (χ2v) is 6.31. The van der Waals surface area contributed by atoms with Gasteiger partial charge in [0.1, 0.15) is 5.52 Å². The lowest BCUT2D eigenvalue weighted by molar-refractivity contribution is -0.121. The standard InChI is InChI=1S/C20H19N5O2/c26-18(23-14-15-5-1-9-21-13-15)8-4-12-25-19-16(6-2-10-22-19)24-11-3-7-17(24)20(25)27/h1-3,5-7,9-11,13H,4,8,12,14H2,(H,23,26). The van der Waals surface area contributed by atoms with Crippen molar-refractivity contribution < 1.29 is 4.79 Å². The molecule has 0 unspecified atom stereocenters. The summed E-state index contributed by atoms with van der Waals surface area (Å²) in [5.41, 5.74) is 2.97. The molecule has 4 aromatic rings. The van der Waals surface area contributed by atoms with E-state index in [1.54, 1.807) is 29.2 Å². The van der Waals surface area contributed by atoms with Crippen LogP contribution < -0.4 is 10.9 Å². The van der Waals surface area contributed by atoms with E-state index in [9.17, 15) is 9.59 Å². The van der Waals surface area contributed by atoms with Gasteiger partial charge in [-0.3, -0.25) is 19.1 Å². The lowest BCUT2D eigenvalue weighted by Crippen LogP contribution is -2.26. The number of aryl methyl sites for hydroxylation is 1. The Morgan fingerprint density at radius 2 is 1.93 bits per heavy atom. The summed E-state index contributed by atoms with van der Waals surface area (Å²) in [5, 5.41) is 2.88. The smallest absolute Gasteiger partial charge is 0.276 e. The first kappa shape index (κ1) is 17.0. The molecule has 0 fully saturated rings. The van der Waals surface area contributed by atoms with Crippen LogP contribution in [0.4, 0.5) is 0 Å². The average Bonchev–Trinajstić information content (AvgIpc) is 3.20. The van der Waals surface area contributed by atoms with Crippen LogP contribution in [-0.4, -0.2) is 24.8 Å². The minimum Gasteiger partial charge on any atom is -0.352 e. The molecular formula is C20H19N5O2. The van der Waals surface area contributed by atoms with Gasteiger partial charge in [0.15, 0.2) is 5.65 Å². The number of fused-ring (bicyclic) bond motifs is 3. The predicted molar refractivity (Wildman–Crippen MR) is 102 cm³/mol. The average molecular weight is 361 g/mol. The molecule has 0 saturated heterocycles. The van der Waals surface area contributed by atoms with Crippen LogP contribution in [0, 0.1) is 0 Å². The fraction of sp³-hybridized carbons (Fsp3) is 0.200. The van der Waals surface area contributed by atoms with Crippen molar-refractivity contribution in [2.24, 2.45) is 0 Å². The van der Waals surface area contributed by atoms with E-state index >= 15 is 0 Å². The Kier molecular flexibility index (Phi) is 4.65. The molecular weight excluding hydrogens is 342 g/mol. The molecule has 7 nitrogen and oxygen atoms in total. The van der Waals surface area contributed by atoms with Gasteiger partial charge in [-0.05, 0) is 42.3 Å². The molecule has 0 bridgehead atoms. The number of carbonyl (C=O) groups excluding carboxylic acids is 1. The summed E-state index contributed by atoms with van der Waals surface area (Å²) in [6, 6.07) is 11.2. The third-order valence-electron chi connectivity index (χ3n) is 4.49. The topological polar surface area (TPSA) is 81.3 Å². The van der Waals surface area contributed by atoms with E-state index in [0.29, 0.717) is 37.1 Å². The highest BCUT2D eigenvalue weighted by Crippen LogP contribution is 2.13. The quantitative estimate of drug-likeness (QED) is 0.570. The van der Waals surface area contributed by atoms with Crippen molar-refractivity contribution in [1.82, 2.24) is 24.3 Å². The van der Waals surface area contributed by atoms with Crippen LogP contribution in [0.25, 0.3) is 16.7 Å². The second kappa shape index (κ2) is 7.41. The Morgan fingerprint density at radius 3 is 2.78 bits per heavy atom. The highest BCUT2D eigenvalue weighted by molar-refractivity contribution is 5.76. The van der Waals surface area contributed by atoms with Crippen LogP contribution in [0.3, 0.4) is 0 Å². The first-order chi connectivity index (χ1) is 13.2. The number of hydrogen-bond acceptors (Lipinski definition) is 4. The molecule has 0 aliphatic heterocycles. The number of nitrogens with zero attached hydrogens (tertiary/aromatic N) is 4. The molecule has 0 saturated carbocycles. The van der Waals surface area contributed by atoms with Crippen molar-refractivity contribution in [3.05, 3.63) is 77.1 Å². The minimum absolute atomic E-state index is 0.0482. The number of aromatic nitrogens is 4. The summed E-state index contributed by atoms with van der Waals surface area (Å²) < 4.78 is 3.50. The van der Waals surface area contributed by atoms with Gasteiger partial charge in [-0.15, -0.1) is 0 Å². The van der Waals surface area contributed by atoms with Crippen LogP contribution in [0.2, 0.25) is 0 Å². The Hall–Kier alpha value is -3.48. The Labute approximate surface area is 155 Å². The van der Waals surface area contributed by atoms with Crippen LogP contribution in [0.1, 0.15) is 18.4 Å². The molecule has 7 heteroatoms. The first-order valence-electron chi connectivity index (χ1n) is 8.84. The summed E-state index contributed by atoms with van der Waals surface area (Å²) in [7, 11) is 0. The van der Waals surface area contributed by atoms with Crippen molar-refractivity contribution in [2.45, 2.75) is 25.9 Å². The largest absolute Gasteiger partial charge is 0.352 e. The van der Waals surface area contributed by atoms with Crippen LogP contribution in [0.5, 0.6) is 0 Å². The van der Waals surface area contributed by atoms with Crippen LogP contribution >= 0.6 is 0 Å². The maximum absolute atomic E-state index is 12.8. The van der Waals surface area contributed by atoms with Gasteiger partial charge in [-0.1, -0.05) is 6.07 Å². The Balaban J connectivity index is 1.46. The van der Waals surface area contributed by atoms with Gasteiger partial charge < -0.3 is 9.72 Å². The third-order valence-corrected chi connectivity index (χ3v) is 4.49. The SMILES string of the molecule is O=C(CCCn1c(=O)c2cccn2c2cccnc21)NCc1cccnc1. The fourth-order valence-electron chi connectivity index (χ4n) is 3.18. The van der Waals surface area contributed by atoms with E-state index in [1.165, 1.54) is 0 Å². The van der Waals surface area contributed by atoms with Crippen molar-refractivity contribution in [1.29, 1.82) is 0 Å². The molecule has 136 valence electrons. The Bertz CT molecular complexity index is 1150. The van der Waals surface area contributed by atoms with E-state index in [1.807, 2.05) is 40.9 Å². The molecule has 1 amide bonds. The van der Waals surface area contributed by atoms with E-state index < -0.39 is 0 Å². The number of amides is 1. The minimum atomic E-state index is -0.0954. The Morgan fingerprint density at radius 1 is 1.07 bits per heavy atom. The molecule has 4 aromatic heterocycles. The van der Waals surface area contributed by atoms with Gasteiger partial charge in [0.2, 0.25) is 5.91 Å². The molecule has 0 atom stereocenters. The molecule has 0 spiro atoms. The molecule has 0 aliphatic rings. The maximum atomic E-state index is 12.8. The zero-order valence-corrected chi connectivity index (χ0v) is 14.7. The van der Waals surface area contributed by atoms with E-state index in [2.05, 4.69) is 15.3 Å². The monoisotopic (exact) mass is 361 g/mol. The van der Waals surface area contributed by atoms with Gasteiger partial charge in [0.05, 0.1) is 5.52 Å². The van der Waals surface area contributed by atoms with E-state index in [0.717, 1.165) is 11.1 Å². The highest BCUT2D eigenvalue weighted by Gasteiger charge is 2.11. The molecule has 0 aromatic carbocycles. The molecule has 27 heavy (non-hydrogen) atoms. The number of rotatable bonds is 6. The normalized spacial score (nSPS) is 11.1. The first-order valence-corrected chi connectivity index (χ1v) is 8.84. The molecule has 0 aliphatic carbocycles. The summed E-state index contributed by atoms with van der Waals surface area (Å²) in [5.74, 6) is -0.0482. The second-order valence-electron chi connectivity index (χ2n) is 6.31. The van der Waals surface area contributed by atoms with Gasteiger partial charge in [-0.2, -0.15) is 0 Å². The van der Waals surface area contributed by atoms with E-state index in [4.69, 9.17) is 0 Å². The van der Waals surface area contributed by atoms with Crippen molar-refractivity contribution in [3.8, 4) is 0 Å². The predicted octanol–water partition coefficient (Wildman–Crippen LogP) is 2.14. The number of carbonyl (C=O) groups is 1. The molecule has 1 N–H and O–H groups in total. The van der Waals surface area contributed by atoms with Crippen molar-refractivity contribution >= 4 is 22.6 Å². The molecule has 0 radical (unpaired) electrons. The number of hydrogen-bond donors (Lipinski definition) is 1. The summed E-state index contributed by atoms with van der Waals surface area (Å²) in [4.78, 5) is 33.3. The summed E-state index contributed by atoms with van der Waals surface area (Å²) in [6.07, 6.45) is 7.85. The van der Waals surface area contributed by atoms with Crippen molar-refractivity contribution in [2.75, 3.05) is 0 Å². The zero-order chi connectivity index (χ0) is 18.6. The lowest BCUT2D eigenvalue weighted by Gasteiger charge is -2.11. The van der Waals surface area contributed by atoms with Gasteiger partial charge in [0, 0.05) is 44.3 Å². The van der Waals surface area contributed by atoms with Crippen LogP contribution in [0.15, 0.2) is 66.0 Å². The fourth-order valence-corrected chi connectivity index (χ4v) is 3.18.